The summed E-state index contributed by atoms with van der Waals surface area (Å²) >= 11 is 0. The van der Waals surface area contributed by atoms with Crippen LogP contribution in [0, 0.1) is 0 Å². The topological polar surface area (TPSA) is 80.8 Å². The van der Waals surface area contributed by atoms with Crippen molar-refractivity contribution in [3.05, 3.63) is 30.1 Å². The first-order chi connectivity index (χ1) is 9.62. The first-order valence-electron chi connectivity index (χ1n) is 5.83. The van der Waals surface area contributed by atoms with E-state index in [0.717, 1.165) is 0 Å². The molecule has 2 aromatic rings. The molecule has 0 atom stereocenters. The van der Waals surface area contributed by atoms with Gasteiger partial charge in [0, 0.05) is 23.4 Å². The van der Waals surface area contributed by atoms with E-state index in [4.69, 9.17) is 14.2 Å². The maximum absolute atomic E-state index is 11.2. The first-order valence-corrected chi connectivity index (χ1v) is 5.83. The van der Waals surface area contributed by atoms with Crippen LogP contribution in [0.4, 0.5) is 0 Å². The van der Waals surface area contributed by atoms with Gasteiger partial charge in [-0.05, 0) is 12.1 Å². The van der Waals surface area contributed by atoms with Gasteiger partial charge in [0.05, 0.1) is 21.3 Å². The van der Waals surface area contributed by atoms with Gasteiger partial charge >= 0.3 is 5.97 Å². The number of carboxylic acids is 1. The van der Waals surface area contributed by atoms with E-state index < -0.39 is 5.97 Å². The Morgan fingerprint density at radius 1 is 1.00 bits per heavy atom. The number of ether oxygens (including phenoxy) is 3. The first kappa shape index (κ1) is 13.8. The van der Waals surface area contributed by atoms with E-state index in [0.29, 0.717) is 28.4 Å². The number of benzene rings is 1. The van der Waals surface area contributed by atoms with Crippen molar-refractivity contribution in [3.8, 4) is 28.4 Å². The van der Waals surface area contributed by atoms with Gasteiger partial charge in [0.25, 0.3) is 0 Å². The number of rotatable bonds is 5. The van der Waals surface area contributed by atoms with Crippen LogP contribution in [0.1, 0.15) is 10.5 Å². The monoisotopic (exact) mass is 277 g/mol. The average Bonchev–Trinajstić information content (AvgIpc) is 2.95. The highest BCUT2D eigenvalue weighted by molar-refractivity contribution is 5.95. The molecule has 20 heavy (non-hydrogen) atoms. The Bertz CT molecular complexity index is 632. The molecule has 0 saturated carbocycles. The smallest absolute Gasteiger partial charge is 0.352 e. The Balaban J connectivity index is 2.66. The van der Waals surface area contributed by atoms with Gasteiger partial charge in [0.2, 0.25) is 0 Å². The van der Waals surface area contributed by atoms with E-state index >= 15 is 0 Å². The normalized spacial score (nSPS) is 10.2. The van der Waals surface area contributed by atoms with Crippen LogP contribution in [0.3, 0.4) is 0 Å². The summed E-state index contributed by atoms with van der Waals surface area (Å²) in [5, 5.41) is 9.18. The number of H-pyrrole nitrogens is 1. The van der Waals surface area contributed by atoms with Gasteiger partial charge in [-0.3, -0.25) is 0 Å². The predicted molar refractivity (Wildman–Crippen MR) is 72.8 cm³/mol. The maximum Gasteiger partial charge on any atom is 0.352 e. The molecule has 0 bridgehead atoms. The van der Waals surface area contributed by atoms with Crippen LogP contribution >= 0.6 is 0 Å². The lowest BCUT2D eigenvalue weighted by atomic mass is 10.0. The molecule has 2 rings (SSSR count). The zero-order valence-electron chi connectivity index (χ0n) is 11.4. The number of aromatic amines is 1. The van der Waals surface area contributed by atoms with E-state index in [1.54, 1.807) is 24.4 Å². The van der Waals surface area contributed by atoms with Crippen molar-refractivity contribution in [1.82, 2.24) is 4.98 Å². The number of carboxylic acid groups (broad SMARTS) is 1. The van der Waals surface area contributed by atoms with Gasteiger partial charge in [-0.2, -0.15) is 0 Å². The summed E-state index contributed by atoms with van der Waals surface area (Å²) in [7, 11) is 4.55. The minimum absolute atomic E-state index is 0.0931. The number of nitrogens with one attached hydrogen (secondary N) is 1. The van der Waals surface area contributed by atoms with E-state index in [-0.39, 0.29) is 5.69 Å². The van der Waals surface area contributed by atoms with E-state index in [2.05, 4.69) is 4.98 Å². The highest BCUT2D eigenvalue weighted by atomic mass is 16.5. The quantitative estimate of drug-likeness (QED) is 0.877. The summed E-state index contributed by atoms with van der Waals surface area (Å²) in [4.78, 5) is 13.9. The van der Waals surface area contributed by atoms with Crippen molar-refractivity contribution >= 4 is 5.97 Å². The predicted octanol–water partition coefficient (Wildman–Crippen LogP) is 2.41. The van der Waals surface area contributed by atoms with Crippen LogP contribution in [-0.2, 0) is 0 Å². The fraction of sp³-hybridized carbons (Fsp3) is 0.214. The van der Waals surface area contributed by atoms with Gasteiger partial charge in [-0.15, -0.1) is 0 Å². The molecule has 0 aliphatic heterocycles. The lowest BCUT2D eigenvalue weighted by molar-refractivity contribution is 0.0692. The van der Waals surface area contributed by atoms with Crippen molar-refractivity contribution in [3.63, 3.8) is 0 Å². The standard InChI is InChI=1S/C14H15NO5/c1-18-10-7-12(20-3)11(19-2)6-9(10)8-4-5-15-13(8)14(16)17/h4-7,15H,1-3H3,(H,16,17). The fourth-order valence-corrected chi connectivity index (χ4v) is 2.01. The molecule has 6 heteroatoms. The molecule has 106 valence electrons. The number of hydrogen-bond acceptors (Lipinski definition) is 4. The minimum atomic E-state index is -1.04. The van der Waals surface area contributed by atoms with E-state index in [1.807, 2.05) is 0 Å². The number of hydrogen-bond donors (Lipinski definition) is 2. The summed E-state index contributed by atoms with van der Waals surface area (Å²) < 4.78 is 15.7. The third kappa shape index (κ3) is 2.27. The number of carbonyl (C=O) groups is 1. The van der Waals surface area contributed by atoms with Gasteiger partial charge in [0.1, 0.15) is 11.4 Å². The second-order valence-electron chi connectivity index (χ2n) is 3.98. The highest BCUT2D eigenvalue weighted by Gasteiger charge is 2.19. The Kier molecular flexibility index (Phi) is 3.84. The van der Waals surface area contributed by atoms with Crippen LogP contribution in [-0.4, -0.2) is 37.4 Å². The van der Waals surface area contributed by atoms with Crippen LogP contribution in [0.25, 0.3) is 11.1 Å². The molecule has 0 amide bonds. The van der Waals surface area contributed by atoms with Gasteiger partial charge in [-0.1, -0.05) is 0 Å². The Morgan fingerprint density at radius 2 is 1.60 bits per heavy atom. The molecule has 0 spiro atoms. The Morgan fingerprint density at radius 3 is 2.15 bits per heavy atom. The molecular weight excluding hydrogens is 262 g/mol. The zero-order valence-corrected chi connectivity index (χ0v) is 11.4. The lowest BCUT2D eigenvalue weighted by Gasteiger charge is -2.14. The molecular formula is C14H15NO5. The van der Waals surface area contributed by atoms with Crippen LogP contribution in [0.5, 0.6) is 17.2 Å². The van der Waals surface area contributed by atoms with Crippen molar-refractivity contribution in [2.75, 3.05) is 21.3 Å². The van der Waals surface area contributed by atoms with Gasteiger partial charge in [0.15, 0.2) is 11.5 Å². The summed E-state index contributed by atoms with van der Waals surface area (Å²) in [6.45, 7) is 0. The van der Waals surface area contributed by atoms with Crippen molar-refractivity contribution in [1.29, 1.82) is 0 Å². The molecule has 0 fully saturated rings. The zero-order chi connectivity index (χ0) is 14.7. The molecule has 0 radical (unpaired) electrons. The Labute approximate surface area is 115 Å². The number of aromatic nitrogens is 1. The second-order valence-corrected chi connectivity index (χ2v) is 3.98. The molecule has 1 aromatic carbocycles. The van der Waals surface area contributed by atoms with Crippen molar-refractivity contribution in [2.45, 2.75) is 0 Å². The molecule has 0 aliphatic carbocycles. The molecule has 1 aromatic heterocycles. The maximum atomic E-state index is 11.2. The van der Waals surface area contributed by atoms with Crippen LogP contribution in [0.15, 0.2) is 24.4 Å². The minimum Gasteiger partial charge on any atom is -0.496 e. The summed E-state index contributed by atoms with van der Waals surface area (Å²) in [6, 6.07) is 5.02. The number of methoxy groups -OCH3 is 3. The molecule has 0 unspecified atom stereocenters. The molecule has 1 heterocycles. The fourth-order valence-electron chi connectivity index (χ4n) is 2.01. The Hall–Kier alpha value is -2.63. The van der Waals surface area contributed by atoms with Crippen molar-refractivity contribution < 1.29 is 24.1 Å². The van der Waals surface area contributed by atoms with Gasteiger partial charge < -0.3 is 24.3 Å². The molecule has 6 nitrogen and oxygen atoms in total. The average molecular weight is 277 g/mol. The largest absolute Gasteiger partial charge is 0.496 e. The summed E-state index contributed by atoms with van der Waals surface area (Å²) in [6.07, 6.45) is 1.56. The summed E-state index contributed by atoms with van der Waals surface area (Å²) in [5.74, 6) is 0.480. The highest BCUT2D eigenvalue weighted by Crippen LogP contribution is 2.40. The third-order valence-electron chi connectivity index (χ3n) is 2.96. The third-order valence-corrected chi connectivity index (χ3v) is 2.96. The molecule has 0 saturated heterocycles. The lowest BCUT2D eigenvalue weighted by Crippen LogP contribution is -2.00. The molecule has 2 N–H and O–H groups in total. The van der Waals surface area contributed by atoms with Crippen molar-refractivity contribution in [2.24, 2.45) is 0 Å². The van der Waals surface area contributed by atoms with Gasteiger partial charge in [-0.25, -0.2) is 4.79 Å². The van der Waals surface area contributed by atoms with E-state index in [9.17, 15) is 9.90 Å². The van der Waals surface area contributed by atoms with E-state index in [1.165, 1.54) is 21.3 Å². The van der Waals surface area contributed by atoms with Crippen LogP contribution < -0.4 is 14.2 Å². The summed E-state index contributed by atoms with van der Waals surface area (Å²) in [5.41, 5.74) is 1.23. The number of aromatic carboxylic acids is 1. The SMILES string of the molecule is COc1cc(OC)c(-c2cc[nH]c2C(=O)O)cc1OC. The molecule has 0 aliphatic rings. The van der Waals surface area contributed by atoms with Crippen LogP contribution in [0.2, 0.25) is 0 Å². The second kappa shape index (κ2) is 5.56.